The first kappa shape index (κ1) is 27.0. The van der Waals surface area contributed by atoms with Gasteiger partial charge in [0.1, 0.15) is 18.4 Å². The predicted octanol–water partition coefficient (Wildman–Crippen LogP) is 6.75. The Kier molecular flexibility index (Phi) is 9.24. The molecule has 4 rings (SSSR count). The first-order chi connectivity index (χ1) is 18.4. The summed E-state index contributed by atoms with van der Waals surface area (Å²) >= 11 is 0. The number of rotatable bonds is 11. The summed E-state index contributed by atoms with van der Waals surface area (Å²) in [6.07, 6.45) is 4.91. The molecule has 1 heterocycles. The number of ether oxygens (including phenoxy) is 2. The maximum Gasteiger partial charge on any atom is 0.414 e. The second-order valence-corrected chi connectivity index (χ2v) is 9.21. The van der Waals surface area contributed by atoms with Gasteiger partial charge in [0, 0.05) is 24.7 Å². The minimum atomic E-state index is -0.989. The van der Waals surface area contributed by atoms with Crippen LogP contribution in [0.3, 0.4) is 0 Å². The van der Waals surface area contributed by atoms with Crippen molar-refractivity contribution in [2.75, 3.05) is 11.4 Å². The highest BCUT2D eigenvalue weighted by atomic mass is 19.1. The quantitative estimate of drug-likeness (QED) is 0.279. The molecule has 0 unspecified atom stereocenters. The predicted molar refractivity (Wildman–Crippen MR) is 138 cm³/mol. The molecule has 0 spiro atoms. The summed E-state index contributed by atoms with van der Waals surface area (Å²) < 4.78 is 42.4. The molecule has 1 aliphatic rings. The van der Waals surface area contributed by atoms with Gasteiger partial charge >= 0.3 is 12.1 Å². The molecule has 2 aromatic carbocycles. The van der Waals surface area contributed by atoms with Gasteiger partial charge < -0.3 is 14.6 Å². The van der Waals surface area contributed by atoms with Crippen LogP contribution in [0.15, 0.2) is 60.8 Å². The fraction of sp³-hybridized carbons (Fsp3) is 0.345. The second kappa shape index (κ2) is 13.0. The maximum absolute atomic E-state index is 15.5. The highest BCUT2D eigenvalue weighted by molar-refractivity contribution is 5.88. The van der Waals surface area contributed by atoms with Crippen LogP contribution in [0.25, 0.3) is 11.1 Å². The summed E-state index contributed by atoms with van der Waals surface area (Å²) in [5, 5.41) is 8.91. The summed E-state index contributed by atoms with van der Waals surface area (Å²) in [6.45, 7) is -0.193. The van der Waals surface area contributed by atoms with E-state index in [9.17, 15) is 9.59 Å². The van der Waals surface area contributed by atoms with Gasteiger partial charge in [0.05, 0.1) is 0 Å². The summed E-state index contributed by atoms with van der Waals surface area (Å²) in [5.41, 5.74) is 0.843. The lowest BCUT2D eigenvalue weighted by atomic mass is 10.1. The number of carbonyl (C=O) groups is 2. The minimum absolute atomic E-state index is 0.0123. The van der Waals surface area contributed by atoms with Gasteiger partial charge in [-0.05, 0) is 73.9 Å². The van der Waals surface area contributed by atoms with Crippen LogP contribution in [0, 0.1) is 11.6 Å². The van der Waals surface area contributed by atoms with Gasteiger partial charge in [-0.25, -0.2) is 18.6 Å². The number of halogens is 2. The molecule has 0 bridgehead atoms. The lowest BCUT2D eigenvalue weighted by Gasteiger charge is -2.24. The maximum atomic E-state index is 15.5. The molecule has 7 nitrogen and oxygen atoms in total. The van der Waals surface area contributed by atoms with E-state index in [-0.39, 0.29) is 44.1 Å². The zero-order chi connectivity index (χ0) is 26.9. The molecule has 38 heavy (non-hydrogen) atoms. The molecule has 1 aromatic heterocycles. The molecule has 0 aliphatic heterocycles. The molecular weight excluding hydrogens is 494 g/mol. The van der Waals surface area contributed by atoms with Gasteiger partial charge in [-0.1, -0.05) is 30.3 Å². The molecule has 1 saturated carbocycles. The monoisotopic (exact) mass is 524 g/mol. The van der Waals surface area contributed by atoms with Crippen molar-refractivity contribution >= 4 is 17.7 Å². The summed E-state index contributed by atoms with van der Waals surface area (Å²) in [7, 11) is 0. The molecule has 0 saturated heterocycles. The zero-order valence-electron chi connectivity index (χ0n) is 20.9. The number of pyridine rings is 1. The Morgan fingerprint density at radius 1 is 1.00 bits per heavy atom. The molecule has 1 aliphatic carbocycles. The largest absolute Gasteiger partial charge is 0.481 e. The highest BCUT2D eigenvalue weighted by Gasteiger charge is 2.26. The average Bonchev–Trinajstić information content (AvgIpc) is 3.42. The topological polar surface area (TPSA) is 89.0 Å². The van der Waals surface area contributed by atoms with E-state index in [1.54, 1.807) is 42.6 Å². The standard InChI is InChI=1S/C29H30F2N2O5/c30-24-17-21(23-13-8-15-32-28(23)38-22-11-4-5-12-22)18-25(31)27(24)33(16-7-6-14-26(34)35)29(36)37-19-20-9-2-1-3-10-20/h1-3,8-10,13,15,17-18,22H,4-7,11-12,14,16,19H2,(H,34,35). The molecule has 1 N–H and O–H groups in total. The fourth-order valence-electron chi connectivity index (χ4n) is 4.49. The van der Waals surface area contributed by atoms with Crippen molar-refractivity contribution in [3.63, 3.8) is 0 Å². The van der Waals surface area contributed by atoms with Crippen LogP contribution in [0.2, 0.25) is 0 Å². The lowest BCUT2D eigenvalue weighted by Crippen LogP contribution is -2.34. The number of amides is 1. The number of anilines is 1. The number of aromatic nitrogens is 1. The minimum Gasteiger partial charge on any atom is -0.481 e. The van der Waals surface area contributed by atoms with E-state index in [2.05, 4.69) is 4.98 Å². The number of carboxylic acid groups (broad SMARTS) is 1. The molecule has 1 amide bonds. The van der Waals surface area contributed by atoms with Crippen molar-refractivity contribution in [2.24, 2.45) is 0 Å². The number of carbonyl (C=O) groups excluding carboxylic acids is 1. The van der Waals surface area contributed by atoms with Gasteiger partial charge in [-0.15, -0.1) is 0 Å². The van der Waals surface area contributed by atoms with Gasteiger partial charge in [0.15, 0.2) is 11.6 Å². The van der Waals surface area contributed by atoms with Crippen LogP contribution < -0.4 is 9.64 Å². The Morgan fingerprint density at radius 3 is 2.39 bits per heavy atom. The number of hydrogen-bond donors (Lipinski definition) is 1. The van der Waals surface area contributed by atoms with E-state index in [1.165, 1.54) is 0 Å². The van der Waals surface area contributed by atoms with Crippen molar-refractivity contribution in [1.29, 1.82) is 0 Å². The number of aliphatic carboxylic acids is 1. The van der Waals surface area contributed by atoms with Crippen molar-refractivity contribution in [2.45, 2.75) is 57.7 Å². The van der Waals surface area contributed by atoms with Gasteiger partial charge in [0.2, 0.25) is 5.88 Å². The number of nitrogens with zero attached hydrogens (tertiary/aromatic N) is 2. The van der Waals surface area contributed by atoms with E-state index < -0.39 is 29.4 Å². The number of benzene rings is 2. The Labute approximate surface area is 220 Å². The number of unbranched alkanes of at least 4 members (excludes halogenated alkanes) is 1. The molecule has 200 valence electrons. The van der Waals surface area contributed by atoms with Crippen molar-refractivity contribution in [3.05, 3.63) is 78.0 Å². The Morgan fingerprint density at radius 2 is 1.71 bits per heavy atom. The summed E-state index contributed by atoms with van der Waals surface area (Å²) in [5.74, 6) is -2.59. The first-order valence-electron chi connectivity index (χ1n) is 12.7. The van der Waals surface area contributed by atoms with E-state index in [0.717, 1.165) is 42.7 Å². The molecule has 3 aromatic rings. The second-order valence-electron chi connectivity index (χ2n) is 9.21. The third-order valence-electron chi connectivity index (χ3n) is 6.40. The van der Waals surface area contributed by atoms with Crippen LogP contribution in [0.4, 0.5) is 19.3 Å². The number of carboxylic acids is 1. The molecule has 1 fully saturated rings. The van der Waals surface area contributed by atoms with E-state index in [0.29, 0.717) is 17.0 Å². The lowest BCUT2D eigenvalue weighted by molar-refractivity contribution is -0.137. The molecular formula is C29H30F2N2O5. The third-order valence-corrected chi connectivity index (χ3v) is 6.40. The highest BCUT2D eigenvalue weighted by Crippen LogP contribution is 2.35. The molecule has 0 radical (unpaired) electrons. The first-order valence-corrected chi connectivity index (χ1v) is 12.7. The Balaban J connectivity index is 1.59. The molecule has 9 heteroatoms. The van der Waals surface area contributed by atoms with Crippen molar-refractivity contribution < 1.29 is 33.0 Å². The van der Waals surface area contributed by atoms with Crippen LogP contribution in [0.5, 0.6) is 5.88 Å². The third kappa shape index (κ3) is 7.06. The van der Waals surface area contributed by atoms with E-state index in [4.69, 9.17) is 14.6 Å². The normalized spacial score (nSPS) is 13.3. The molecule has 0 atom stereocenters. The van der Waals surface area contributed by atoms with Crippen molar-refractivity contribution in [3.8, 4) is 17.0 Å². The fourth-order valence-corrected chi connectivity index (χ4v) is 4.49. The van der Waals surface area contributed by atoms with Gasteiger partial charge in [0.25, 0.3) is 0 Å². The summed E-state index contributed by atoms with van der Waals surface area (Å²) in [6, 6.07) is 14.6. The average molecular weight is 525 g/mol. The van der Waals surface area contributed by atoms with Gasteiger partial charge in [-0.2, -0.15) is 0 Å². The smallest absolute Gasteiger partial charge is 0.414 e. The Bertz CT molecular complexity index is 1230. The van der Waals surface area contributed by atoms with Crippen LogP contribution in [-0.2, 0) is 16.1 Å². The van der Waals surface area contributed by atoms with Crippen LogP contribution >= 0.6 is 0 Å². The van der Waals surface area contributed by atoms with E-state index >= 15 is 8.78 Å². The van der Waals surface area contributed by atoms with Crippen LogP contribution in [-0.4, -0.2) is 34.8 Å². The van der Waals surface area contributed by atoms with Crippen LogP contribution in [0.1, 0.15) is 50.5 Å². The zero-order valence-corrected chi connectivity index (χ0v) is 20.9. The SMILES string of the molecule is O=C(O)CCCCN(C(=O)OCc1ccccc1)c1c(F)cc(-c2cccnc2OC2CCCC2)cc1F. The Hall–Kier alpha value is -4.01. The van der Waals surface area contributed by atoms with Gasteiger partial charge in [-0.3, -0.25) is 9.69 Å². The van der Waals surface area contributed by atoms with E-state index in [1.807, 2.05) is 6.07 Å². The van der Waals surface area contributed by atoms with Crippen molar-refractivity contribution in [1.82, 2.24) is 4.98 Å². The number of hydrogen-bond acceptors (Lipinski definition) is 5. The summed E-state index contributed by atoms with van der Waals surface area (Å²) in [4.78, 5) is 29.0.